The van der Waals surface area contributed by atoms with E-state index < -0.39 is 11.4 Å². The summed E-state index contributed by atoms with van der Waals surface area (Å²) < 4.78 is 18.5. The van der Waals surface area contributed by atoms with E-state index in [0.29, 0.717) is 18.4 Å². The highest BCUT2D eigenvalue weighted by Gasteiger charge is 2.46. The van der Waals surface area contributed by atoms with Crippen molar-refractivity contribution in [3.63, 3.8) is 0 Å². The molecule has 2 atom stereocenters. The van der Waals surface area contributed by atoms with Crippen LogP contribution in [0.25, 0.3) is 11.4 Å². The molecule has 142 valence electrons. The van der Waals surface area contributed by atoms with E-state index >= 15 is 0 Å². The summed E-state index contributed by atoms with van der Waals surface area (Å²) in [5, 5.41) is 0. The lowest BCUT2D eigenvalue weighted by atomic mass is 10.1. The fourth-order valence-corrected chi connectivity index (χ4v) is 3.79. The van der Waals surface area contributed by atoms with Crippen molar-refractivity contribution in [1.82, 2.24) is 14.9 Å². The van der Waals surface area contributed by atoms with Crippen molar-refractivity contribution in [1.29, 1.82) is 0 Å². The average Bonchev–Trinajstić information content (AvgIpc) is 3.22. The van der Waals surface area contributed by atoms with Crippen LogP contribution in [0.3, 0.4) is 0 Å². The molecule has 7 heteroatoms. The van der Waals surface area contributed by atoms with Crippen LogP contribution in [0.1, 0.15) is 27.2 Å². The van der Waals surface area contributed by atoms with Gasteiger partial charge in [0.05, 0.1) is 18.4 Å². The zero-order chi connectivity index (χ0) is 19.2. The molecule has 2 saturated heterocycles. The summed E-state index contributed by atoms with van der Waals surface area (Å²) in [4.78, 5) is 24.6. The molecule has 3 heterocycles. The molecule has 0 N–H and O–H groups in total. The molecule has 0 radical (unpaired) electrons. The molecule has 0 saturated carbocycles. The number of carbonyl (C=O) groups is 1. The molecule has 2 bridgehead atoms. The number of hydrogen-bond donors (Lipinski definition) is 0. The molecule has 0 aliphatic carbocycles. The van der Waals surface area contributed by atoms with Gasteiger partial charge in [-0.2, -0.15) is 0 Å². The van der Waals surface area contributed by atoms with Crippen molar-refractivity contribution in [2.75, 3.05) is 18.0 Å². The fourth-order valence-electron chi connectivity index (χ4n) is 3.79. The number of rotatable bonds is 2. The van der Waals surface area contributed by atoms with Gasteiger partial charge < -0.3 is 14.5 Å². The lowest BCUT2D eigenvalue weighted by Gasteiger charge is -2.36. The molecule has 0 unspecified atom stereocenters. The van der Waals surface area contributed by atoms with Crippen LogP contribution >= 0.6 is 0 Å². The molecule has 1 aromatic carbocycles. The highest BCUT2D eigenvalue weighted by Crippen LogP contribution is 2.35. The van der Waals surface area contributed by atoms with Gasteiger partial charge in [-0.1, -0.05) is 0 Å². The normalized spacial score (nSPS) is 21.6. The van der Waals surface area contributed by atoms with Gasteiger partial charge in [-0.05, 0) is 51.5 Å². The predicted molar refractivity (Wildman–Crippen MR) is 99.9 cm³/mol. The second-order valence-corrected chi connectivity index (χ2v) is 8.10. The van der Waals surface area contributed by atoms with Gasteiger partial charge in [0.15, 0.2) is 11.6 Å². The molecule has 6 nitrogen and oxygen atoms in total. The Labute approximate surface area is 158 Å². The van der Waals surface area contributed by atoms with Crippen molar-refractivity contribution in [3.05, 3.63) is 42.5 Å². The number of halogens is 1. The van der Waals surface area contributed by atoms with Crippen molar-refractivity contribution < 1.29 is 13.9 Å². The summed E-state index contributed by atoms with van der Waals surface area (Å²) in [6, 6.07) is 8.43. The maximum atomic E-state index is 13.0. The van der Waals surface area contributed by atoms with Crippen LogP contribution in [0, 0.1) is 5.82 Å². The number of carbonyl (C=O) groups excluding carboxylic acids is 1. The minimum atomic E-state index is -0.475. The highest BCUT2D eigenvalue weighted by molar-refractivity contribution is 5.70. The van der Waals surface area contributed by atoms with E-state index in [4.69, 9.17) is 4.74 Å². The summed E-state index contributed by atoms with van der Waals surface area (Å²) >= 11 is 0. The highest BCUT2D eigenvalue weighted by atomic mass is 19.1. The molecule has 0 spiro atoms. The number of likely N-dealkylation sites (tertiary alicyclic amines) is 1. The van der Waals surface area contributed by atoms with Crippen LogP contribution in [0.2, 0.25) is 0 Å². The molecule has 2 aliphatic heterocycles. The van der Waals surface area contributed by atoms with E-state index in [1.807, 2.05) is 49.9 Å². The zero-order valence-corrected chi connectivity index (χ0v) is 15.7. The Balaban J connectivity index is 1.43. The van der Waals surface area contributed by atoms with E-state index in [1.54, 1.807) is 0 Å². The van der Waals surface area contributed by atoms with Gasteiger partial charge in [0.1, 0.15) is 5.60 Å². The number of anilines is 1. The number of amides is 1. The number of benzene rings is 1. The van der Waals surface area contributed by atoms with Crippen molar-refractivity contribution >= 4 is 11.8 Å². The average molecular weight is 370 g/mol. The lowest BCUT2D eigenvalue weighted by Crippen LogP contribution is -2.50. The summed E-state index contributed by atoms with van der Waals surface area (Å²) in [6.45, 7) is 7.15. The fraction of sp³-hybridized carbons (Fsp3) is 0.450. The summed E-state index contributed by atoms with van der Waals surface area (Å²) in [5.41, 5.74) is 1.48. The SMILES string of the molecule is CC(C)(C)OC(=O)N1C[C@@H]2C[C@@H]1CN2c1ccc(-c2ncc(F)cn2)cc1. The Morgan fingerprint density at radius 3 is 2.33 bits per heavy atom. The van der Waals surface area contributed by atoms with Gasteiger partial charge in [-0.3, -0.25) is 0 Å². The molecule has 27 heavy (non-hydrogen) atoms. The van der Waals surface area contributed by atoms with Gasteiger partial charge in [-0.25, -0.2) is 19.2 Å². The summed E-state index contributed by atoms with van der Waals surface area (Å²) in [7, 11) is 0. The van der Waals surface area contributed by atoms with E-state index in [2.05, 4.69) is 14.9 Å². The van der Waals surface area contributed by atoms with E-state index in [0.717, 1.165) is 24.2 Å². The second kappa shape index (κ2) is 6.48. The Morgan fingerprint density at radius 2 is 1.78 bits per heavy atom. The largest absolute Gasteiger partial charge is 0.444 e. The molecule has 4 rings (SSSR count). The summed E-state index contributed by atoms with van der Waals surface area (Å²) in [6.07, 6.45) is 3.07. The van der Waals surface area contributed by atoms with E-state index in [-0.39, 0.29) is 12.1 Å². The van der Waals surface area contributed by atoms with Gasteiger partial charge in [-0.15, -0.1) is 0 Å². The van der Waals surface area contributed by atoms with Gasteiger partial charge in [0.2, 0.25) is 0 Å². The standard InChI is InChI=1S/C20H23FN4O2/c1-20(2,3)27-19(26)25-12-16-8-17(25)11-24(16)15-6-4-13(5-7-15)18-22-9-14(21)10-23-18/h4-7,9-10,16-17H,8,11-12H2,1-3H3/t16-,17+/m0/s1. The maximum Gasteiger partial charge on any atom is 0.410 e. The number of ether oxygens (including phenoxy) is 1. The first kappa shape index (κ1) is 17.7. The third-order valence-electron chi connectivity index (χ3n) is 4.95. The number of piperazine rings is 1. The maximum absolute atomic E-state index is 13.0. The lowest BCUT2D eigenvalue weighted by molar-refractivity contribution is 0.0215. The van der Waals surface area contributed by atoms with Crippen LogP contribution in [0.4, 0.5) is 14.9 Å². The molecular formula is C20H23FN4O2. The number of aromatic nitrogens is 2. The van der Waals surface area contributed by atoms with Crippen LogP contribution in [0.5, 0.6) is 0 Å². The second-order valence-electron chi connectivity index (χ2n) is 8.10. The van der Waals surface area contributed by atoms with Crippen molar-refractivity contribution in [3.8, 4) is 11.4 Å². The molecule has 2 aromatic rings. The first-order valence-electron chi connectivity index (χ1n) is 9.14. The number of fused-ring (bicyclic) bond motifs is 2. The smallest absolute Gasteiger partial charge is 0.410 e. The number of hydrogen-bond acceptors (Lipinski definition) is 5. The molecule has 1 aromatic heterocycles. The first-order valence-corrected chi connectivity index (χ1v) is 9.14. The van der Waals surface area contributed by atoms with Gasteiger partial charge >= 0.3 is 6.09 Å². The van der Waals surface area contributed by atoms with E-state index in [1.165, 1.54) is 12.4 Å². The predicted octanol–water partition coefficient (Wildman–Crippen LogP) is 3.48. The number of nitrogens with zero attached hydrogens (tertiary/aromatic N) is 4. The Hall–Kier alpha value is -2.70. The Morgan fingerprint density at radius 1 is 1.11 bits per heavy atom. The molecule has 1 amide bonds. The molecule has 2 aliphatic rings. The first-order chi connectivity index (χ1) is 12.8. The minimum absolute atomic E-state index is 0.185. The Kier molecular flexibility index (Phi) is 4.25. The van der Waals surface area contributed by atoms with Gasteiger partial charge in [0, 0.05) is 30.4 Å². The summed E-state index contributed by atoms with van der Waals surface area (Å²) in [5.74, 6) is 0.0556. The van der Waals surface area contributed by atoms with Gasteiger partial charge in [0.25, 0.3) is 0 Å². The monoisotopic (exact) mass is 370 g/mol. The van der Waals surface area contributed by atoms with Crippen molar-refractivity contribution in [2.45, 2.75) is 44.9 Å². The Bertz CT molecular complexity index is 833. The van der Waals surface area contributed by atoms with Crippen LogP contribution in [-0.2, 0) is 4.74 Å². The third kappa shape index (κ3) is 3.59. The quantitative estimate of drug-likeness (QED) is 0.810. The topological polar surface area (TPSA) is 58.6 Å². The third-order valence-corrected chi connectivity index (χ3v) is 4.95. The van der Waals surface area contributed by atoms with Crippen molar-refractivity contribution in [2.24, 2.45) is 0 Å². The van der Waals surface area contributed by atoms with Crippen LogP contribution in [0.15, 0.2) is 36.7 Å². The molecular weight excluding hydrogens is 347 g/mol. The van der Waals surface area contributed by atoms with E-state index in [9.17, 15) is 9.18 Å². The van der Waals surface area contributed by atoms with Crippen LogP contribution < -0.4 is 4.90 Å². The zero-order valence-electron chi connectivity index (χ0n) is 15.7. The minimum Gasteiger partial charge on any atom is -0.444 e. The molecule has 2 fully saturated rings. The van der Waals surface area contributed by atoms with Crippen LogP contribution in [-0.4, -0.2) is 51.7 Å².